The van der Waals surface area contributed by atoms with Gasteiger partial charge in [-0.25, -0.2) is 0 Å². The van der Waals surface area contributed by atoms with Gasteiger partial charge < -0.3 is 72.3 Å². The summed E-state index contributed by atoms with van der Waals surface area (Å²) >= 11 is 0. The van der Waals surface area contributed by atoms with Crippen molar-refractivity contribution in [1.82, 2.24) is 26.6 Å². The number of carbonyl (C=O) groups excluding carboxylic acids is 7. The number of rotatable bonds is 58. The highest BCUT2D eigenvalue weighted by atomic mass is 16.5. The second-order valence-corrected chi connectivity index (χ2v) is 20.4. The number of unbranched alkanes of at least 4 members (excludes halogenated alkanes) is 15. The second-order valence-electron chi connectivity index (χ2n) is 20.4. The minimum Gasteiger partial charge on any atom is -0.481 e. The number of aliphatic carboxylic acids is 3. The highest BCUT2D eigenvalue weighted by Gasteiger charge is 2.35. The number of nitrogens with one attached hydrogen (secondary N) is 5. The first-order valence-electron chi connectivity index (χ1n) is 29.3. The number of carbonyl (C=O) groups is 10. The number of carboxylic acid groups (broad SMARTS) is 3. The van der Waals surface area contributed by atoms with Gasteiger partial charge in [0, 0.05) is 51.2 Å². The van der Waals surface area contributed by atoms with Crippen LogP contribution in [-0.2, 0) is 66.9 Å². The zero-order valence-electron chi connectivity index (χ0n) is 48.2. The zero-order chi connectivity index (χ0) is 59.6. The summed E-state index contributed by atoms with van der Waals surface area (Å²) in [6, 6.07) is -3.87. The topological polar surface area (TPSA) is 380 Å². The summed E-state index contributed by atoms with van der Waals surface area (Å²) in [7, 11) is 0. The van der Waals surface area contributed by atoms with Crippen molar-refractivity contribution in [2.75, 3.05) is 85.6 Å². The molecule has 0 bridgehead atoms. The third-order valence-electron chi connectivity index (χ3n) is 13.1. The highest BCUT2D eigenvalue weighted by molar-refractivity contribution is 6.41. The Morgan fingerprint density at radius 1 is 0.425 bits per heavy atom. The molecular formula is C56H101N7O17. The molecule has 0 rings (SSSR count). The van der Waals surface area contributed by atoms with Crippen LogP contribution >= 0.6 is 0 Å². The summed E-state index contributed by atoms with van der Waals surface area (Å²) in [6.45, 7) is 5.29. The SMILES string of the molecule is CC(C)C(=O)COCCOCCNC(=O)COCCOCCNC(=O)CC[C@H](CN[C@@H](CCCCN)C(=O)C(=O)C(CCC(=O)O)NC(=O)[C@H](CCCCN)NC(=O)CCCCCCCCCCCCCCCCC(=O)O)C(=O)O. The first-order valence-corrected chi connectivity index (χ1v) is 29.3. The van der Waals surface area contributed by atoms with Crippen LogP contribution < -0.4 is 38.1 Å². The maximum atomic E-state index is 13.9. The van der Waals surface area contributed by atoms with Gasteiger partial charge in [-0.3, -0.25) is 47.9 Å². The molecule has 0 aliphatic carbocycles. The van der Waals surface area contributed by atoms with E-state index in [1.165, 1.54) is 25.7 Å². The molecule has 12 N–H and O–H groups in total. The summed E-state index contributed by atoms with van der Waals surface area (Å²) in [4.78, 5) is 125. The molecule has 24 heteroatoms. The second kappa shape index (κ2) is 50.9. The molecular weight excluding hydrogens is 1040 g/mol. The van der Waals surface area contributed by atoms with E-state index in [1.54, 1.807) is 13.8 Å². The van der Waals surface area contributed by atoms with E-state index >= 15 is 0 Å². The smallest absolute Gasteiger partial charge is 0.307 e. The summed E-state index contributed by atoms with van der Waals surface area (Å²) in [6.07, 6.45) is 15.6. The Hall–Kier alpha value is -4.98. The zero-order valence-corrected chi connectivity index (χ0v) is 48.2. The molecule has 80 heavy (non-hydrogen) atoms. The summed E-state index contributed by atoms with van der Waals surface area (Å²) in [5.74, 6) is -8.49. The fourth-order valence-corrected chi connectivity index (χ4v) is 8.19. The predicted octanol–water partition coefficient (Wildman–Crippen LogP) is 3.51. The van der Waals surface area contributed by atoms with Crippen LogP contribution in [-0.4, -0.2) is 178 Å². The molecule has 0 saturated carbocycles. The number of nitrogens with two attached hydrogens (primary N) is 2. The Bertz CT molecular complexity index is 1760. The molecule has 0 aliphatic rings. The lowest BCUT2D eigenvalue weighted by Gasteiger charge is -2.25. The van der Waals surface area contributed by atoms with Gasteiger partial charge in [0.05, 0.1) is 57.6 Å². The van der Waals surface area contributed by atoms with Crippen LogP contribution in [0.3, 0.4) is 0 Å². The van der Waals surface area contributed by atoms with Crippen LogP contribution in [0.4, 0.5) is 0 Å². The van der Waals surface area contributed by atoms with Crippen LogP contribution in [0.25, 0.3) is 0 Å². The Balaban J connectivity index is 5.05. The van der Waals surface area contributed by atoms with E-state index < -0.39 is 78.2 Å². The average molecular weight is 1140 g/mol. The van der Waals surface area contributed by atoms with Gasteiger partial charge in [0.1, 0.15) is 19.3 Å². The van der Waals surface area contributed by atoms with E-state index in [1.807, 2.05) is 0 Å². The number of Topliss-reactive ketones (excluding diaryl/α,β-unsaturated/α-hetero) is 3. The lowest BCUT2D eigenvalue weighted by molar-refractivity contribution is -0.143. The van der Waals surface area contributed by atoms with Crippen molar-refractivity contribution in [2.45, 2.75) is 199 Å². The van der Waals surface area contributed by atoms with Crippen LogP contribution in [0.5, 0.6) is 0 Å². The quantitative estimate of drug-likeness (QED) is 0.0308. The van der Waals surface area contributed by atoms with E-state index in [9.17, 15) is 58.2 Å². The van der Waals surface area contributed by atoms with Crippen molar-refractivity contribution in [3.63, 3.8) is 0 Å². The monoisotopic (exact) mass is 1140 g/mol. The van der Waals surface area contributed by atoms with Gasteiger partial charge in [-0.05, 0) is 70.9 Å². The minimum atomic E-state index is -1.56. The van der Waals surface area contributed by atoms with E-state index in [2.05, 4.69) is 26.6 Å². The molecule has 0 heterocycles. The van der Waals surface area contributed by atoms with E-state index in [4.69, 9.17) is 35.5 Å². The van der Waals surface area contributed by atoms with Crippen LogP contribution in [0.15, 0.2) is 0 Å². The Kier molecular flexibility index (Phi) is 47.8. The Morgan fingerprint density at radius 2 is 0.887 bits per heavy atom. The molecule has 0 radical (unpaired) electrons. The first kappa shape index (κ1) is 75.0. The largest absolute Gasteiger partial charge is 0.481 e. The van der Waals surface area contributed by atoms with Gasteiger partial charge in [0.25, 0.3) is 0 Å². The molecule has 0 fully saturated rings. The number of ketones is 3. The van der Waals surface area contributed by atoms with Gasteiger partial charge in [-0.15, -0.1) is 0 Å². The van der Waals surface area contributed by atoms with Crippen molar-refractivity contribution in [3.05, 3.63) is 0 Å². The molecule has 24 nitrogen and oxygen atoms in total. The molecule has 1 unspecified atom stereocenters. The molecule has 0 aromatic carbocycles. The van der Waals surface area contributed by atoms with Gasteiger partial charge in [-0.2, -0.15) is 0 Å². The average Bonchev–Trinajstić information content (AvgIpc) is 3.41. The molecule has 0 saturated heterocycles. The number of hydrogen-bond acceptors (Lipinski definition) is 17. The summed E-state index contributed by atoms with van der Waals surface area (Å²) < 4.78 is 21.3. The fraction of sp³-hybridized carbons (Fsp3) is 0.821. The van der Waals surface area contributed by atoms with Gasteiger partial charge >= 0.3 is 17.9 Å². The van der Waals surface area contributed by atoms with Crippen molar-refractivity contribution in [2.24, 2.45) is 23.3 Å². The van der Waals surface area contributed by atoms with E-state index in [0.717, 1.165) is 57.8 Å². The van der Waals surface area contributed by atoms with Crippen LogP contribution in [0, 0.1) is 11.8 Å². The predicted molar refractivity (Wildman–Crippen MR) is 299 cm³/mol. The lowest BCUT2D eigenvalue weighted by atomic mass is 9.94. The van der Waals surface area contributed by atoms with Crippen LogP contribution in [0.1, 0.15) is 181 Å². The normalized spacial score (nSPS) is 12.8. The third-order valence-corrected chi connectivity index (χ3v) is 13.1. The fourth-order valence-electron chi connectivity index (χ4n) is 8.19. The van der Waals surface area contributed by atoms with Crippen molar-refractivity contribution < 1.29 is 82.2 Å². The minimum absolute atomic E-state index is 0.0107. The highest BCUT2D eigenvalue weighted by Crippen LogP contribution is 2.16. The van der Waals surface area contributed by atoms with Crippen molar-refractivity contribution >= 4 is 58.9 Å². The van der Waals surface area contributed by atoms with Crippen molar-refractivity contribution in [1.29, 1.82) is 0 Å². The molecule has 0 spiro atoms. The molecule has 0 aromatic rings. The lowest BCUT2D eigenvalue weighted by Crippen LogP contribution is -2.55. The number of hydrogen-bond donors (Lipinski definition) is 10. The van der Waals surface area contributed by atoms with Gasteiger partial charge in [0.15, 0.2) is 5.78 Å². The maximum Gasteiger partial charge on any atom is 0.307 e. The van der Waals surface area contributed by atoms with Gasteiger partial charge in [0.2, 0.25) is 35.2 Å². The third kappa shape index (κ3) is 43.8. The maximum absolute atomic E-state index is 13.9. The summed E-state index contributed by atoms with van der Waals surface area (Å²) in [5, 5.41) is 41.7. The van der Waals surface area contributed by atoms with Crippen LogP contribution in [0.2, 0.25) is 0 Å². The first-order chi connectivity index (χ1) is 38.4. The number of ether oxygens (including phenoxy) is 4. The standard InChI is InChI=1S/C56H101N7O17/c1-42(2)47(64)40-79-37-35-78-34-32-60-50(67)41-80-38-36-77-33-31-59-48(65)27-25-43(56(75)76)39-61-44(21-17-19-29-57)53(72)54(73)45(26-28-52(70)71)63-55(74)46(22-18-20-30-58)62-49(66)23-15-13-11-9-7-5-3-4-6-8-10-12-14-16-24-51(68)69/h42-46,61H,3-41,57-58H2,1-2H3,(H,59,65)(H,60,67)(H,62,66)(H,63,74)(H,68,69)(H,70,71)(H,75,76)/t43-,44+,45?,46+/m1/s1. The molecule has 462 valence electrons. The molecule has 4 amide bonds. The molecule has 4 atom stereocenters. The Morgan fingerprint density at radius 3 is 1.39 bits per heavy atom. The Labute approximate surface area is 474 Å². The van der Waals surface area contributed by atoms with E-state index in [-0.39, 0.29) is 141 Å². The summed E-state index contributed by atoms with van der Waals surface area (Å²) in [5.41, 5.74) is 11.4. The molecule has 0 aromatic heterocycles. The number of amides is 4. The van der Waals surface area contributed by atoms with Crippen molar-refractivity contribution in [3.8, 4) is 0 Å². The van der Waals surface area contributed by atoms with Gasteiger partial charge in [-0.1, -0.05) is 97.3 Å². The number of carboxylic acids is 3. The van der Waals surface area contributed by atoms with E-state index in [0.29, 0.717) is 38.6 Å². The molecule has 0 aliphatic heterocycles.